The summed E-state index contributed by atoms with van der Waals surface area (Å²) >= 11 is 0. The van der Waals surface area contributed by atoms with Crippen LogP contribution in [0.15, 0.2) is 48.8 Å². The molecule has 4 aromatic rings. The van der Waals surface area contributed by atoms with Gasteiger partial charge in [-0.05, 0) is 36.4 Å². The molecule has 0 radical (unpaired) electrons. The fraction of sp³-hybridized carbons (Fsp3) is 0.211. The maximum atomic E-state index is 9.46. The molecule has 3 heterocycles. The zero-order valence-electron chi connectivity index (χ0n) is 13.8. The Bertz CT molecular complexity index is 1000. The van der Waals surface area contributed by atoms with E-state index in [1.165, 1.54) is 0 Å². The molecule has 1 atom stereocenters. The molecule has 0 saturated carbocycles. The van der Waals surface area contributed by atoms with Gasteiger partial charge in [0.2, 0.25) is 0 Å². The third kappa shape index (κ3) is 2.86. The standard InChI is InChI=1S/C19H19N3O3/c1-22-9-16(17-7-12-3-2-6-20-19(12)21-17)15-8-14(4-5-18(15)22)25-11-13(24)10-23/h2-9,13,23-24H,10-11H2,1H3,(H,20,21)/t13-/m1/s1. The molecule has 25 heavy (non-hydrogen) atoms. The summed E-state index contributed by atoms with van der Waals surface area (Å²) in [7, 11) is 2.00. The molecular formula is C19H19N3O3. The fourth-order valence-electron chi connectivity index (χ4n) is 3.02. The number of hydrogen-bond donors (Lipinski definition) is 3. The van der Waals surface area contributed by atoms with Crippen LogP contribution in [-0.4, -0.2) is 44.1 Å². The number of aliphatic hydroxyl groups excluding tert-OH is 2. The average molecular weight is 337 g/mol. The molecule has 0 spiro atoms. The van der Waals surface area contributed by atoms with Crippen molar-refractivity contribution in [2.24, 2.45) is 7.05 Å². The van der Waals surface area contributed by atoms with Crippen LogP contribution in [0.2, 0.25) is 0 Å². The molecule has 0 fully saturated rings. The molecule has 1 aromatic carbocycles. The van der Waals surface area contributed by atoms with Crippen LogP contribution >= 0.6 is 0 Å². The Labute approximate surface area is 144 Å². The topological polar surface area (TPSA) is 83.3 Å². The summed E-state index contributed by atoms with van der Waals surface area (Å²) in [5, 5.41) is 20.5. The van der Waals surface area contributed by atoms with Crippen LogP contribution in [0.5, 0.6) is 5.75 Å². The van der Waals surface area contributed by atoms with Gasteiger partial charge in [0.25, 0.3) is 0 Å². The summed E-state index contributed by atoms with van der Waals surface area (Å²) in [4.78, 5) is 7.71. The Balaban J connectivity index is 1.77. The number of aromatic amines is 1. The van der Waals surface area contributed by atoms with E-state index in [0.717, 1.165) is 33.2 Å². The van der Waals surface area contributed by atoms with Crippen LogP contribution in [0, 0.1) is 0 Å². The van der Waals surface area contributed by atoms with Crippen LogP contribution in [0.4, 0.5) is 0 Å². The van der Waals surface area contributed by atoms with Gasteiger partial charge in [-0.15, -0.1) is 0 Å². The van der Waals surface area contributed by atoms with Crippen molar-refractivity contribution in [2.75, 3.05) is 13.2 Å². The summed E-state index contributed by atoms with van der Waals surface area (Å²) in [5.74, 6) is 0.654. The highest BCUT2D eigenvalue weighted by molar-refractivity contribution is 5.98. The molecule has 0 unspecified atom stereocenters. The fourth-order valence-corrected chi connectivity index (χ4v) is 3.02. The van der Waals surface area contributed by atoms with Gasteiger partial charge >= 0.3 is 0 Å². The lowest BCUT2D eigenvalue weighted by Gasteiger charge is -2.10. The maximum absolute atomic E-state index is 9.46. The lowest BCUT2D eigenvalue weighted by Crippen LogP contribution is -2.21. The van der Waals surface area contributed by atoms with E-state index >= 15 is 0 Å². The van der Waals surface area contributed by atoms with Crippen molar-refractivity contribution in [3.63, 3.8) is 0 Å². The van der Waals surface area contributed by atoms with Crippen molar-refractivity contribution >= 4 is 21.9 Å². The van der Waals surface area contributed by atoms with Gasteiger partial charge in [0.1, 0.15) is 24.1 Å². The number of H-pyrrole nitrogens is 1. The maximum Gasteiger partial charge on any atom is 0.137 e. The Morgan fingerprint density at radius 2 is 2.16 bits per heavy atom. The van der Waals surface area contributed by atoms with E-state index < -0.39 is 6.10 Å². The first-order chi connectivity index (χ1) is 12.2. The number of pyridine rings is 1. The van der Waals surface area contributed by atoms with Crippen molar-refractivity contribution < 1.29 is 14.9 Å². The van der Waals surface area contributed by atoms with Crippen molar-refractivity contribution in [1.29, 1.82) is 0 Å². The van der Waals surface area contributed by atoms with E-state index in [0.29, 0.717) is 5.75 Å². The van der Waals surface area contributed by atoms with Crippen molar-refractivity contribution in [3.05, 3.63) is 48.8 Å². The molecule has 6 heteroatoms. The summed E-state index contributed by atoms with van der Waals surface area (Å²) in [6.45, 7) is -0.263. The number of nitrogens with one attached hydrogen (secondary N) is 1. The SMILES string of the molecule is Cn1cc(-c2cc3cccnc3[nH]2)c2cc(OC[C@H](O)CO)ccc21. The summed E-state index contributed by atoms with van der Waals surface area (Å²) in [6.07, 6.45) is 2.96. The number of hydrogen-bond acceptors (Lipinski definition) is 4. The molecule has 3 N–H and O–H groups in total. The van der Waals surface area contributed by atoms with E-state index in [1.807, 2.05) is 37.4 Å². The Morgan fingerprint density at radius 1 is 1.28 bits per heavy atom. The van der Waals surface area contributed by atoms with Crippen LogP contribution in [-0.2, 0) is 7.05 Å². The third-order valence-electron chi connectivity index (χ3n) is 4.30. The molecule has 0 amide bonds. The minimum Gasteiger partial charge on any atom is -0.491 e. The first-order valence-corrected chi connectivity index (χ1v) is 8.10. The molecule has 4 rings (SSSR count). The molecule has 6 nitrogen and oxygen atoms in total. The summed E-state index contributed by atoms with van der Waals surface area (Å²) < 4.78 is 7.65. The lowest BCUT2D eigenvalue weighted by atomic mass is 10.1. The number of aryl methyl sites for hydroxylation is 1. The predicted octanol–water partition coefficient (Wildman–Crippen LogP) is 2.45. The van der Waals surface area contributed by atoms with Crippen molar-refractivity contribution in [2.45, 2.75) is 6.10 Å². The largest absolute Gasteiger partial charge is 0.491 e. The number of aliphatic hydroxyl groups is 2. The molecule has 0 saturated heterocycles. The van der Waals surface area contributed by atoms with E-state index in [-0.39, 0.29) is 13.2 Å². The second-order valence-electron chi connectivity index (χ2n) is 6.10. The molecule has 128 valence electrons. The number of aromatic nitrogens is 3. The molecular weight excluding hydrogens is 318 g/mol. The van der Waals surface area contributed by atoms with E-state index in [4.69, 9.17) is 9.84 Å². The summed E-state index contributed by atoms with van der Waals surface area (Å²) in [6, 6.07) is 11.8. The zero-order valence-corrected chi connectivity index (χ0v) is 13.8. The highest BCUT2D eigenvalue weighted by Crippen LogP contribution is 2.33. The number of nitrogens with zero attached hydrogens (tertiary/aromatic N) is 2. The second-order valence-corrected chi connectivity index (χ2v) is 6.10. The van der Waals surface area contributed by atoms with Gasteiger partial charge in [0, 0.05) is 47.0 Å². The molecule has 0 aliphatic carbocycles. The van der Waals surface area contributed by atoms with Gasteiger partial charge in [-0.25, -0.2) is 4.98 Å². The summed E-state index contributed by atoms with van der Waals surface area (Å²) in [5.41, 5.74) is 3.99. The van der Waals surface area contributed by atoms with Crippen LogP contribution in [0.3, 0.4) is 0 Å². The highest BCUT2D eigenvalue weighted by Gasteiger charge is 2.13. The van der Waals surface area contributed by atoms with Crippen LogP contribution < -0.4 is 4.74 Å². The molecule has 0 aliphatic rings. The second kappa shape index (κ2) is 6.23. The monoisotopic (exact) mass is 337 g/mol. The Hall–Kier alpha value is -2.83. The zero-order chi connectivity index (χ0) is 17.4. The Kier molecular flexibility index (Phi) is 3.91. The molecule has 3 aromatic heterocycles. The minimum absolute atomic E-state index is 0.0560. The van der Waals surface area contributed by atoms with Gasteiger partial charge < -0.3 is 24.5 Å². The number of fused-ring (bicyclic) bond motifs is 2. The number of benzene rings is 1. The van der Waals surface area contributed by atoms with Gasteiger partial charge in [0.15, 0.2) is 0 Å². The first kappa shape index (κ1) is 15.7. The quantitative estimate of drug-likeness (QED) is 0.522. The van der Waals surface area contributed by atoms with Crippen molar-refractivity contribution in [3.8, 4) is 17.0 Å². The smallest absolute Gasteiger partial charge is 0.137 e. The number of ether oxygens (including phenoxy) is 1. The molecule has 0 aliphatic heterocycles. The minimum atomic E-state index is -0.884. The predicted molar refractivity (Wildman–Crippen MR) is 96.6 cm³/mol. The normalized spacial score (nSPS) is 12.8. The first-order valence-electron chi connectivity index (χ1n) is 8.10. The van der Waals surface area contributed by atoms with E-state index in [9.17, 15) is 5.11 Å². The molecule has 0 bridgehead atoms. The van der Waals surface area contributed by atoms with Gasteiger partial charge in [0.05, 0.1) is 6.61 Å². The van der Waals surface area contributed by atoms with Gasteiger partial charge in [-0.2, -0.15) is 0 Å². The lowest BCUT2D eigenvalue weighted by molar-refractivity contribution is 0.0536. The average Bonchev–Trinajstić information content (AvgIpc) is 3.20. The van der Waals surface area contributed by atoms with E-state index in [1.54, 1.807) is 6.20 Å². The van der Waals surface area contributed by atoms with Gasteiger partial charge in [-0.3, -0.25) is 0 Å². The van der Waals surface area contributed by atoms with Crippen LogP contribution in [0.1, 0.15) is 0 Å². The van der Waals surface area contributed by atoms with Crippen molar-refractivity contribution in [1.82, 2.24) is 14.5 Å². The number of rotatable bonds is 5. The third-order valence-corrected chi connectivity index (χ3v) is 4.30. The van der Waals surface area contributed by atoms with E-state index in [2.05, 4.69) is 26.8 Å². The Morgan fingerprint density at radius 3 is 2.96 bits per heavy atom. The van der Waals surface area contributed by atoms with Crippen LogP contribution in [0.25, 0.3) is 33.2 Å². The van der Waals surface area contributed by atoms with Gasteiger partial charge in [-0.1, -0.05) is 0 Å². The highest BCUT2D eigenvalue weighted by atomic mass is 16.5.